The minimum atomic E-state index is -0.209. The van der Waals surface area contributed by atoms with Crippen LogP contribution in [0.2, 0.25) is 0 Å². The highest BCUT2D eigenvalue weighted by Gasteiger charge is 2.23. The lowest BCUT2D eigenvalue weighted by Crippen LogP contribution is -2.47. The molecular weight excluding hydrogens is 224 g/mol. The van der Waals surface area contributed by atoms with E-state index >= 15 is 0 Å². The molecule has 100 valence electrons. The first kappa shape index (κ1) is 14.7. The molecule has 1 rings (SSSR count). The van der Waals surface area contributed by atoms with Gasteiger partial charge in [0, 0.05) is 11.7 Å². The SMILES string of the molecule is CC(NC(C)C(C)(C)C)C(=O)Nc1ccccc1. The van der Waals surface area contributed by atoms with Crippen molar-refractivity contribution >= 4 is 11.6 Å². The lowest BCUT2D eigenvalue weighted by atomic mass is 9.87. The molecule has 3 heteroatoms. The smallest absolute Gasteiger partial charge is 0.241 e. The van der Waals surface area contributed by atoms with Crippen molar-refractivity contribution in [1.82, 2.24) is 5.32 Å². The van der Waals surface area contributed by atoms with Gasteiger partial charge in [0.15, 0.2) is 0 Å². The van der Waals surface area contributed by atoms with E-state index in [1.807, 2.05) is 37.3 Å². The molecule has 2 N–H and O–H groups in total. The average Bonchev–Trinajstić information content (AvgIpc) is 2.28. The number of nitrogens with one attached hydrogen (secondary N) is 2. The Labute approximate surface area is 110 Å². The van der Waals surface area contributed by atoms with Crippen molar-refractivity contribution in [3.8, 4) is 0 Å². The van der Waals surface area contributed by atoms with Gasteiger partial charge in [-0.15, -0.1) is 0 Å². The van der Waals surface area contributed by atoms with Gasteiger partial charge in [-0.05, 0) is 31.4 Å². The number of amides is 1. The third-order valence-corrected chi connectivity index (χ3v) is 3.23. The van der Waals surface area contributed by atoms with E-state index in [0.717, 1.165) is 5.69 Å². The van der Waals surface area contributed by atoms with Crippen LogP contribution >= 0.6 is 0 Å². The second kappa shape index (κ2) is 6.01. The average molecular weight is 248 g/mol. The Bertz CT molecular complexity index is 381. The van der Waals surface area contributed by atoms with Gasteiger partial charge in [-0.3, -0.25) is 4.79 Å². The van der Waals surface area contributed by atoms with E-state index in [9.17, 15) is 4.79 Å². The zero-order chi connectivity index (χ0) is 13.8. The molecule has 1 amide bonds. The molecule has 0 aromatic heterocycles. The largest absolute Gasteiger partial charge is 0.325 e. The molecule has 2 atom stereocenters. The van der Waals surface area contributed by atoms with Crippen molar-refractivity contribution in [2.45, 2.75) is 46.7 Å². The van der Waals surface area contributed by atoms with Gasteiger partial charge in [0.1, 0.15) is 0 Å². The fourth-order valence-electron chi connectivity index (χ4n) is 1.47. The predicted molar refractivity (Wildman–Crippen MR) is 76.6 cm³/mol. The molecule has 2 unspecified atom stereocenters. The van der Waals surface area contributed by atoms with Crippen molar-refractivity contribution in [3.05, 3.63) is 30.3 Å². The van der Waals surface area contributed by atoms with Crippen LogP contribution in [0, 0.1) is 5.41 Å². The van der Waals surface area contributed by atoms with E-state index in [1.165, 1.54) is 0 Å². The van der Waals surface area contributed by atoms with Crippen molar-refractivity contribution in [2.75, 3.05) is 5.32 Å². The van der Waals surface area contributed by atoms with Gasteiger partial charge in [-0.2, -0.15) is 0 Å². The molecule has 0 saturated carbocycles. The van der Waals surface area contributed by atoms with Crippen molar-refractivity contribution < 1.29 is 4.79 Å². The molecule has 0 saturated heterocycles. The number of carbonyl (C=O) groups is 1. The van der Waals surface area contributed by atoms with Gasteiger partial charge in [0.2, 0.25) is 5.91 Å². The molecule has 0 heterocycles. The number of hydrogen-bond acceptors (Lipinski definition) is 2. The molecule has 1 aromatic carbocycles. The van der Waals surface area contributed by atoms with Crippen LogP contribution in [0.4, 0.5) is 5.69 Å². The Morgan fingerprint density at radius 3 is 2.17 bits per heavy atom. The van der Waals surface area contributed by atoms with E-state index in [0.29, 0.717) is 0 Å². The monoisotopic (exact) mass is 248 g/mol. The molecule has 0 radical (unpaired) electrons. The van der Waals surface area contributed by atoms with Crippen LogP contribution in [0.5, 0.6) is 0 Å². The van der Waals surface area contributed by atoms with Crippen LogP contribution in [0.3, 0.4) is 0 Å². The minimum Gasteiger partial charge on any atom is -0.325 e. The number of anilines is 1. The van der Waals surface area contributed by atoms with Crippen LogP contribution < -0.4 is 10.6 Å². The second-order valence-electron chi connectivity index (χ2n) is 5.83. The van der Waals surface area contributed by atoms with E-state index < -0.39 is 0 Å². The Kier molecular flexibility index (Phi) is 4.91. The van der Waals surface area contributed by atoms with Crippen LogP contribution in [0.25, 0.3) is 0 Å². The minimum absolute atomic E-state index is 0.00250. The summed E-state index contributed by atoms with van der Waals surface area (Å²) in [5.74, 6) is -0.00250. The van der Waals surface area contributed by atoms with Crippen molar-refractivity contribution in [3.63, 3.8) is 0 Å². The highest BCUT2D eigenvalue weighted by atomic mass is 16.2. The molecule has 0 aliphatic rings. The first-order chi connectivity index (χ1) is 8.30. The van der Waals surface area contributed by atoms with E-state index in [4.69, 9.17) is 0 Å². The third-order valence-electron chi connectivity index (χ3n) is 3.23. The Morgan fingerprint density at radius 1 is 1.11 bits per heavy atom. The van der Waals surface area contributed by atoms with Gasteiger partial charge in [-0.1, -0.05) is 39.0 Å². The molecule has 0 aliphatic carbocycles. The van der Waals surface area contributed by atoms with E-state index in [-0.39, 0.29) is 23.4 Å². The van der Waals surface area contributed by atoms with Crippen LogP contribution in [0.1, 0.15) is 34.6 Å². The van der Waals surface area contributed by atoms with E-state index in [2.05, 4.69) is 38.3 Å². The Balaban J connectivity index is 2.52. The summed E-state index contributed by atoms with van der Waals surface area (Å²) in [6, 6.07) is 9.58. The molecular formula is C15H24N2O. The van der Waals surface area contributed by atoms with Crippen molar-refractivity contribution in [1.29, 1.82) is 0 Å². The van der Waals surface area contributed by atoms with Gasteiger partial charge >= 0.3 is 0 Å². The molecule has 0 fully saturated rings. The Hall–Kier alpha value is -1.35. The second-order valence-corrected chi connectivity index (χ2v) is 5.83. The first-order valence-corrected chi connectivity index (χ1v) is 6.42. The third kappa shape index (κ3) is 4.49. The predicted octanol–water partition coefficient (Wildman–Crippen LogP) is 3.04. The van der Waals surface area contributed by atoms with Gasteiger partial charge in [-0.25, -0.2) is 0 Å². The molecule has 0 spiro atoms. The van der Waals surface area contributed by atoms with Crippen LogP contribution in [-0.4, -0.2) is 18.0 Å². The number of carbonyl (C=O) groups excluding carboxylic acids is 1. The number of benzene rings is 1. The molecule has 18 heavy (non-hydrogen) atoms. The lowest BCUT2D eigenvalue weighted by Gasteiger charge is -2.30. The number of hydrogen-bond donors (Lipinski definition) is 2. The summed E-state index contributed by atoms with van der Waals surface area (Å²) < 4.78 is 0. The number of para-hydroxylation sites is 1. The molecule has 0 bridgehead atoms. The number of rotatable bonds is 4. The van der Waals surface area contributed by atoms with Gasteiger partial charge in [0.25, 0.3) is 0 Å². The summed E-state index contributed by atoms with van der Waals surface area (Å²) in [4.78, 5) is 12.0. The zero-order valence-electron chi connectivity index (χ0n) is 11.9. The molecule has 0 aliphatic heterocycles. The Morgan fingerprint density at radius 2 is 1.67 bits per heavy atom. The van der Waals surface area contributed by atoms with Crippen LogP contribution in [-0.2, 0) is 4.79 Å². The summed E-state index contributed by atoms with van der Waals surface area (Å²) in [5, 5.41) is 6.22. The standard InChI is InChI=1S/C15H24N2O/c1-11(16-12(2)15(3,4)5)14(18)17-13-9-7-6-8-10-13/h6-12,16H,1-5H3,(H,17,18). The molecule has 3 nitrogen and oxygen atoms in total. The van der Waals surface area contributed by atoms with Crippen molar-refractivity contribution in [2.24, 2.45) is 5.41 Å². The topological polar surface area (TPSA) is 41.1 Å². The highest BCUT2D eigenvalue weighted by Crippen LogP contribution is 2.19. The summed E-state index contributed by atoms with van der Waals surface area (Å²) in [6.07, 6.45) is 0. The van der Waals surface area contributed by atoms with Gasteiger partial charge in [0.05, 0.1) is 6.04 Å². The summed E-state index contributed by atoms with van der Waals surface area (Å²) in [5.41, 5.74) is 0.973. The summed E-state index contributed by atoms with van der Waals surface area (Å²) >= 11 is 0. The maximum atomic E-state index is 12.0. The maximum Gasteiger partial charge on any atom is 0.241 e. The summed E-state index contributed by atoms with van der Waals surface area (Å²) in [7, 11) is 0. The fourth-order valence-corrected chi connectivity index (χ4v) is 1.47. The normalized spacial score (nSPS) is 14.9. The quantitative estimate of drug-likeness (QED) is 0.860. The molecule has 1 aromatic rings. The zero-order valence-corrected chi connectivity index (χ0v) is 11.9. The summed E-state index contributed by atoms with van der Waals surface area (Å²) in [6.45, 7) is 10.5. The first-order valence-electron chi connectivity index (χ1n) is 6.42. The maximum absolute atomic E-state index is 12.0. The fraction of sp³-hybridized carbons (Fsp3) is 0.533. The van der Waals surface area contributed by atoms with Gasteiger partial charge < -0.3 is 10.6 Å². The van der Waals surface area contributed by atoms with Crippen LogP contribution in [0.15, 0.2) is 30.3 Å². The van der Waals surface area contributed by atoms with E-state index in [1.54, 1.807) is 0 Å². The highest BCUT2D eigenvalue weighted by molar-refractivity contribution is 5.94. The lowest BCUT2D eigenvalue weighted by molar-refractivity contribution is -0.118.